The molecular weight excluding hydrogens is 446 g/mol. The van der Waals surface area contributed by atoms with Gasteiger partial charge in [0.1, 0.15) is 0 Å². The van der Waals surface area contributed by atoms with Crippen molar-refractivity contribution in [2.75, 3.05) is 19.0 Å². The molecule has 36 heavy (non-hydrogen) atoms. The second-order valence-electron chi connectivity index (χ2n) is 8.30. The molecule has 5 heterocycles. The number of aryl methyl sites for hydroxylation is 1. The number of nitrogens with one attached hydrogen (secondary N) is 2. The molecule has 0 aliphatic heterocycles. The van der Waals surface area contributed by atoms with Gasteiger partial charge in [0.15, 0.2) is 5.65 Å². The number of nitrogens with zero attached hydrogens (tertiary/aromatic N) is 5. The maximum absolute atomic E-state index is 4.59. The second-order valence-corrected chi connectivity index (χ2v) is 8.30. The molecule has 0 aliphatic rings. The SMILES string of the molecule is C=C/C=C(/c1cccnc1)c1cc(-c2[nH]nc3ncc(-c4cncc(N(C)C)c4)cc23)[nH]c1C.CC. The van der Waals surface area contributed by atoms with Gasteiger partial charge in [0, 0.05) is 72.2 Å². The summed E-state index contributed by atoms with van der Waals surface area (Å²) in [6.07, 6.45) is 13.0. The molecule has 7 heteroatoms. The number of H-pyrrole nitrogens is 2. The van der Waals surface area contributed by atoms with Crippen molar-refractivity contribution in [3.05, 3.63) is 96.9 Å². The summed E-state index contributed by atoms with van der Waals surface area (Å²) in [7, 11) is 4.00. The van der Waals surface area contributed by atoms with Gasteiger partial charge in [0.05, 0.1) is 23.3 Å². The second kappa shape index (κ2) is 10.8. The lowest BCUT2D eigenvalue weighted by Crippen LogP contribution is -2.08. The predicted molar refractivity (Wildman–Crippen MR) is 149 cm³/mol. The lowest BCUT2D eigenvalue weighted by Gasteiger charge is -2.12. The number of rotatable bonds is 6. The summed E-state index contributed by atoms with van der Waals surface area (Å²) >= 11 is 0. The predicted octanol–water partition coefficient (Wildman–Crippen LogP) is 6.43. The molecule has 0 spiro atoms. The number of allylic oxidation sites excluding steroid dienone is 2. The van der Waals surface area contributed by atoms with Gasteiger partial charge in [-0.1, -0.05) is 38.6 Å². The van der Waals surface area contributed by atoms with Gasteiger partial charge >= 0.3 is 0 Å². The molecule has 0 unspecified atom stereocenters. The van der Waals surface area contributed by atoms with Crippen molar-refractivity contribution in [2.45, 2.75) is 20.8 Å². The van der Waals surface area contributed by atoms with Crippen LogP contribution in [-0.4, -0.2) is 44.2 Å². The molecule has 0 radical (unpaired) electrons. The maximum Gasteiger partial charge on any atom is 0.181 e. The summed E-state index contributed by atoms with van der Waals surface area (Å²) in [5.74, 6) is 0. The summed E-state index contributed by atoms with van der Waals surface area (Å²) in [5, 5.41) is 8.54. The van der Waals surface area contributed by atoms with Gasteiger partial charge < -0.3 is 9.88 Å². The Morgan fingerprint density at radius 2 is 1.81 bits per heavy atom. The van der Waals surface area contributed by atoms with Crippen LogP contribution in [0.3, 0.4) is 0 Å². The topological polar surface area (TPSA) is 86.4 Å². The highest BCUT2D eigenvalue weighted by atomic mass is 15.2. The number of hydrogen-bond donors (Lipinski definition) is 2. The fourth-order valence-electron chi connectivity index (χ4n) is 4.05. The minimum absolute atomic E-state index is 0.665. The summed E-state index contributed by atoms with van der Waals surface area (Å²) in [4.78, 5) is 18.8. The van der Waals surface area contributed by atoms with Gasteiger partial charge in [-0.05, 0) is 36.8 Å². The first-order valence-corrected chi connectivity index (χ1v) is 12.0. The van der Waals surface area contributed by atoms with Crippen LogP contribution in [0.4, 0.5) is 5.69 Å². The fourth-order valence-corrected chi connectivity index (χ4v) is 4.05. The first-order chi connectivity index (χ1) is 17.5. The summed E-state index contributed by atoms with van der Waals surface area (Å²) in [6.45, 7) is 9.96. The molecule has 5 rings (SSSR count). The van der Waals surface area contributed by atoms with E-state index < -0.39 is 0 Å². The van der Waals surface area contributed by atoms with E-state index in [0.29, 0.717) is 5.65 Å². The van der Waals surface area contributed by atoms with Crippen LogP contribution in [-0.2, 0) is 0 Å². The van der Waals surface area contributed by atoms with E-state index in [1.807, 2.05) is 75.8 Å². The molecular formula is C29H31N7. The van der Waals surface area contributed by atoms with Gasteiger partial charge in [0.25, 0.3) is 0 Å². The molecule has 0 aromatic carbocycles. The monoisotopic (exact) mass is 477 g/mol. The van der Waals surface area contributed by atoms with Crippen molar-refractivity contribution < 1.29 is 0 Å². The normalized spacial score (nSPS) is 11.2. The van der Waals surface area contributed by atoms with E-state index in [9.17, 15) is 0 Å². The molecule has 0 amide bonds. The van der Waals surface area contributed by atoms with Crippen molar-refractivity contribution in [1.82, 2.24) is 30.1 Å². The minimum atomic E-state index is 0.665. The van der Waals surface area contributed by atoms with Crippen molar-refractivity contribution in [3.63, 3.8) is 0 Å². The van der Waals surface area contributed by atoms with Crippen molar-refractivity contribution in [3.8, 4) is 22.5 Å². The molecule has 2 N–H and O–H groups in total. The standard InChI is InChI=1S/C27H25N7.C2H6/c1-5-7-22(18-8-6-9-28-13-18)23-12-25(31-17(23)2)26-24-11-20(15-30-27(24)33-32-26)19-10-21(34(3)4)16-29-14-19;1-2/h5-16,31H,1H2,2-4H3,(H,30,32,33);1-2H3/b22-7-;. The van der Waals surface area contributed by atoms with Crippen molar-refractivity contribution in [2.24, 2.45) is 0 Å². The quantitative estimate of drug-likeness (QED) is 0.275. The maximum atomic E-state index is 4.59. The van der Waals surface area contributed by atoms with Crippen LogP contribution in [0.2, 0.25) is 0 Å². The molecule has 0 saturated carbocycles. The van der Waals surface area contributed by atoms with Crippen LogP contribution in [0.1, 0.15) is 30.7 Å². The highest BCUT2D eigenvalue weighted by molar-refractivity contribution is 5.94. The Balaban J connectivity index is 0.00000148. The molecule has 5 aromatic rings. The fraction of sp³-hybridized carbons (Fsp3) is 0.172. The summed E-state index contributed by atoms with van der Waals surface area (Å²) in [5.41, 5.74) is 9.72. The Morgan fingerprint density at radius 1 is 1.00 bits per heavy atom. The Kier molecular flexibility index (Phi) is 7.39. The Bertz CT molecular complexity index is 1510. The number of hydrogen-bond acceptors (Lipinski definition) is 5. The number of anilines is 1. The average molecular weight is 478 g/mol. The van der Waals surface area contributed by atoms with Gasteiger partial charge in [-0.25, -0.2) is 4.98 Å². The number of fused-ring (bicyclic) bond motifs is 1. The van der Waals surface area contributed by atoms with Crippen LogP contribution < -0.4 is 4.90 Å². The van der Waals surface area contributed by atoms with Crippen LogP contribution in [0, 0.1) is 6.92 Å². The van der Waals surface area contributed by atoms with E-state index in [1.54, 1.807) is 12.3 Å². The number of pyridine rings is 3. The largest absolute Gasteiger partial charge is 0.376 e. The molecule has 182 valence electrons. The van der Waals surface area contributed by atoms with Crippen molar-refractivity contribution >= 4 is 22.3 Å². The molecule has 0 fully saturated rings. The highest BCUT2D eigenvalue weighted by Gasteiger charge is 2.17. The minimum Gasteiger partial charge on any atom is -0.376 e. The summed E-state index contributed by atoms with van der Waals surface area (Å²) < 4.78 is 0. The van der Waals surface area contributed by atoms with Gasteiger partial charge in [0.2, 0.25) is 0 Å². The first-order valence-electron chi connectivity index (χ1n) is 12.0. The van der Waals surface area contributed by atoms with E-state index in [-0.39, 0.29) is 0 Å². The Hall–Kier alpha value is -4.52. The van der Waals surface area contributed by atoms with Gasteiger partial charge in [-0.15, -0.1) is 0 Å². The molecule has 5 aromatic heterocycles. The highest BCUT2D eigenvalue weighted by Crippen LogP contribution is 2.33. The van der Waals surface area contributed by atoms with E-state index >= 15 is 0 Å². The molecule has 0 bridgehead atoms. The van der Waals surface area contributed by atoms with Crippen LogP contribution in [0.5, 0.6) is 0 Å². The lowest BCUT2D eigenvalue weighted by atomic mass is 9.98. The lowest BCUT2D eigenvalue weighted by molar-refractivity contribution is 1.09. The third-order valence-electron chi connectivity index (χ3n) is 5.81. The molecule has 0 aliphatic carbocycles. The molecule has 7 nitrogen and oxygen atoms in total. The van der Waals surface area contributed by atoms with E-state index in [0.717, 1.165) is 56.0 Å². The van der Waals surface area contributed by atoms with Gasteiger partial charge in [-0.2, -0.15) is 5.10 Å². The van der Waals surface area contributed by atoms with E-state index in [2.05, 4.69) is 61.8 Å². The van der Waals surface area contributed by atoms with Crippen LogP contribution >= 0.6 is 0 Å². The zero-order valence-corrected chi connectivity index (χ0v) is 21.4. The number of aromatic amines is 2. The average Bonchev–Trinajstić information content (AvgIpc) is 3.51. The summed E-state index contributed by atoms with van der Waals surface area (Å²) in [6, 6.07) is 10.3. The van der Waals surface area contributed by atoms with Gasteiger partial charge in [-0.3, -0.25) is 15.1 Å². The van der Waals surface area contributed by atoms with E-state index in [4.69, 9.17) is 0 Å². The van der Waals surface area contributed by atoms with Crippen LogP contribution in [0.25, 0.3) is 39.1 Å². The smallest absolute Gasteiger partial charge is 0.181 e. The zero-order valence-electron chi connectivity index (χ0n) is 21.4. The zero-order chi connectivity index (χ0) is 25.7. The molecule has 0 atom stereocenters. The first kappa shape index (κ1) is 24.6. The molecule has 0 saturated heterocycles. The Labute approximate surface area is 211 Å². The third kappa shape index (κ3) is 4.81. The number of aromatic nitrogens is 6. The third-order valence-corrected chi connectivity index (χ3v) is 5.81. The van der Waals surface area contributed by atoms with E-state index in [1.165, 1.54) is 0 Å². The Morgan fingerprint density at radius 3 is 2.53 bits per heavy atom. The van der Waals surface area contributed by atoms with Crippen LogP contribution in [0.15, 0.2) is 80.0 Å². The van der Waals surface area contributed by atoms with Crippen molar-refractivity contribution in [1.29, 1.82) is 0 Å².